The van der Waals surface area contributed by atoms with Crippen LogP contribution in [-0.4, -0.2) is 58.0 Å². The predicted octanol–water partition coefficient (Wildman–Crippen LogP) is 6.11. The van der Waals surface area contributed by atoms with Crippen molar-refractivity contribution in [3.05, 3.63) is 119 Å². The number of carbonyl (C=O) groups excluding carboxylic acids is 2. The number of anilines is 1. The third-order valence-corrected chi connectivity index (χ3v) is 9.99. The second-order valence-electron chi connectivity index (χ2n) is 11.0. The van der Waals surface area contributed by atoms with Crippen LogP contribution in [0.4, 0.5) is 5.69 Å². The summed E-state index contributed by atoms with van der Waals surface area (Å²) >= 11 is 6.57. The van der Waals surface area contributed by atoms with Gasteiger partial charge in [-0.1, -0.05) is 79.2 Å². The van der Waals surface area contributed by atoms with Crippen molar-refractivity contribution in [1.82, 2.24) is 10.2 Å². The average Bonchev–Trinajstić information content (AvgIpc) is 3.09. The monoisotopic (exact) mass is 677 g/mol. The molecule has 4 rings (SSSR count). The Labute approximate surface area is 282 Å². The minimum absolute atomic E-state index is 0.0354. The van der Waals surface area contributed by atoms with Crippen LogP contribution in [0.5, 0.6) is 11.5 Å². The molecular formula is C36H40ClN3O6S. The Morgan fingerprint density at radius 2 is 1.49 bits per heavy atom. The molecule has 0 aliphatic carbocycles. The Morgan fingerprint density at radius 1 is 0.851 bits per heavy atom. The van der Waals surface area contributed by atoms with Crippen LogP contribution in [-0.2, 0) is 32.6 Å². The number of benzene rings is 4. The van der Waals surface area contributed by atoms with Crippen molar-refractivity contribution in [2.75, 3.05) is 25.1 Å². The predicted molar refractivity (Wildman–Crippen MR) is 184 cm³/mol. The van der Waals surface area contributed by atoms with Gasteiger partial charge in [0.25, 0.3) is 10.0 Å². The molecular weight excluding hydrogens is 638 g/mol. The number of rotatable bonds is 15. The van der Waals surface area contributed by atoms with E-state index in [0.717, 1.165) is 9.87 Å². The van der Waals surface area contributed by atoms with E-state index in [9.17, 15) is 18.0 Å². The average molecular weight is 678 g/mol. The first kappa shape index (κ1) is 35.3. The Hall–Kier alpha value is -4.54. The van der Waals surface area contributed by atoms with Crippen LogP contribution < -0.4 is 19.1 Å². The van der Waals surface area contributed by atoms with Crippen LogP contribution in [0, 0.1) is 0 Å². The van der Waals surface area contributed by atoms with Gasteiger partial charge in [0.2, 0.25) is 11.8 Å². The molecule has 0 bridgehead atoms. The first-order valence-corrected chi connectivity index (χ1v) is 17.1. The van der Waals surface area contributed by atoms with Gasteiger partial charge in [-0.25, -0.2) is 8.42 Å². The number of halogens is 1. The number of carbonyl (C=O) groups is 2. The number of nitrogens with one attached hydrogen (secondary N) is 1. The second-order valence-corrected chi connectivity index (χ2v) is 13.3. The van der Waals surface area contributed by atoms with Gasteiger partial charge in [-0.15, -0.1) is 0 Å². The van der Waals surface area contributed by atoms with Crippen molar-refractivity contribution in [2.24, 2.45) is 0 Å². The SMILES string of the molecule is CC[C@H](C)NC(=O)[C@H](Cc1ccccc1)N(Cc1ccccc1Cl)C(=O)CN(c1ccccc1OC)S(=O)(=O)c1ccc(OC)cc1. The van der Waals surface area contributed by atoms with E-state index < -0.39 is 28.5 Å². The van der Waals surface area contributed by atoms with E-state index in [2.05, 4.69) is 5.32 Å². The van der Waals surface area contributed by atoms with E-state index in [0.29, 0.717) is 22.8 Å². The summed E-state index contributed by atoms with van der Waals surface area (Å²) in [6.45, 7) is 3.19. The summed E-state index contributed by atoms with van der Waals surface area (Å²) in [4.78, 5) is 30.0. The zero-order chi connectivity index (χ0) is 34.0. The summed E-state index contributed by atoms with van der Waals surface area (Å²) in [5.74, 6) is -0.227. The van der Waals surface area contributed by atoms with Crippen molar-refractivity contribution in [1.29, 1.82) is 0 Å². The molecule has 0 aromatic heterocycles. The van der Waals surface area contributed by atoms with Crippen LogP contribution in [0.15, 0.2) is 108 Å². The van der Waals surface area contributed by atoms with Gasteiger partial charge in [-0.3, -0.25) is 13.9 Å². The Kier molecular flexibility index (Phi) is 12.3. The standard InChI is InChI=1S/C36H40ClN3O6S/c1-5-26(2)38-36(42)33(23-27-13-7-6-8-14-27)39(24-28-15-9-10-16-31(28)37)35(41)25-40(32-17-11-12-18-34(32)46-4)47(43,44)30-21-19-29(45-3)20-22-30/h6-22,26,33H,5,23-25H2,1-4H3,(H,38,42)/t26-,33-/m0/s1. The normalized spacial score (nSPS) is 12.4. The summed E-state index contributed by atoms with van der Waals surface area (Å²) in [7, 11) is -1.41. The van der Waals surface area contributed by atoms with E-state index >= 15 is 0 Å². The number of hydrogen-bond acceptors (Lipinski definition) is 6. The maximum absolute atomic E-state index is 14.6. The summed E-state index contributed by atoms with van der Waals surface area (Å²) in [6.07, 6.45) is 0.878. The van der Waals surface area contributed by atoms with E-state index in [-0.39, 0.29) is 41.2 Å². The highest BCUT2D eigenvalue weighted by Crippen LogP contribution is 2.33. The number of nitrogens with zero attached hydrogens (tertiary/aromatic N) is 2. The van der Waals surface area contributed by atoms with Crippen molar-refractivity contribution < 1.29 is 27.5 Å². The number of ether oxygens (including phenoxy) is 2. The zero-order valence-electron chi connectivity index (χ0n) is 26.9. The van der Waals surface area contributed by atoms with Crippen molar-refractivity contribution in [3.63, 3.8) is 0 Å². The number of sulfonamides is 1. The molecule has 0 aliphatic rings. The van der Waals surface area contributed by atoms with Gasteiger partial charge in [0, 0.05) is 24.0 Å². The molecule has 11 heteroatoms. The highest BCUT2D eigenvalue weighted by Gasteiger charge is 2.36. The smallest absolute Gasteiger partial charge is 0.264 e. The fourth-order valence-electron chi connectivity index (χ4n) is 5.03. The summed E-state index contributed by atoms with van der Waals surface area (Å²) < 4.78 is 40.4. The summed E-state index contributed by atoms with van der Waals surface area (Å²) in [5, 5.41) is 3.44. The molecule has 0 fully saturated rings. The number of hydrogen-bond donors (Lipinski definition) is 1. The van der Waals surface area contributed by atoms with Gasteiger partial charge in [0.1, 0.15) is 24.1 Å². The Balaban J connectivity index is 1.84. The third kappa shape index (κ3) is 8.84. The molecule has 0 heterocycles. The van der Waals surface area contributed by atoms with E-state index in [1.165, 1.54) is 43.4 Å². The summed E-state index contributed by atoms with van der Waals surface area (Å²) in [6, 6.07) is 27.8. The molecule has 2 atom stereocenters. The van der Waals surface area contributed by atoms with Gasteiger partial charge in [-0.2, -0.15) is 0 Å². The lowest BCUT2D eigenvalue weighted by atomic mass is 10.0. The first-order valence-electron chi connectivity index (χ1n) is 15.3. The molecule has 0 saturated heterocycles. The van der Waals surface area contributed by atoms with Crippen LogP contribution in [0.3, 0.4) is 0 Å². The molecule has 2 amide bonds. The lowest BCUT2D eigenvalue weighted by molar-refractivity contribution is -0.140. The molecule has 9 nitrogen and oxygen atoms in total. The Bertz CT molecular complexity index is 1750. The Morgan fingerprint density at radius 3 is 2.13 bits per heavy atom. The maximum Gasteiger partial charge on any atom is 0.264 e. The van der Waals surface area contributed by atoms with Crippen molar-refractivity contribution >= 4 is 39.1 Å². The second kappa shape index (κ2) is 16.3. The van der Waals surface area contributed by atoms with Crippen LogP contribution in [0.25, 0.3) is 0 Å². The molecule has 1 N–H and O–H groups in total. The molecule has 0 aliphatic heterocycles. The largest absolute Gasteiger partial charge is 0.497 e. The highest BCUT2D eigenvalue weighted by molar-refractivity contribution is 7.92. The lowest BCUT2D eigenvalue weighted by Gasteiger charge is -2.34. The molecule has 0 radical (unpaired) electrons. The van der Waals surface area contributed by atoms with Crippen molar-refractivity contribution in [3.8, 4) is 11.5 Å². The first-order chi connectivity index (χ1) is 22.6. The van der Waals surface area contributed by atoms with Crippen molar-refractivity contribution in [2.45, 2.75) is 50.2 Å². The fourth-order valence-corrected chi connectivity index (χ4v) is 6.65. The minimum Gasteiger partial charge on any atom is -0.497 e. The zero-order valence-corrected chi connectivity index (χ0v) is 28.5. The molecule has 4 aromatic carbocycles. The van der Waals surface area contributed by atoms with Gasteiger partial charge >= 0.3 is 0 Å². The fraction of sp³-hybridized carbons (Fsp3) is 0.278. The van der Waals surface area contributed by atoms with Crippen LogP contribution in [0.1, 0.15) is 31.4 Å². The molecule has 248 valence electrons. The molecule has 47 heavy (non-hydrogen) atoms. The quantitative estimate of drug-likeness (QED) is 0.163. The highest BCUT2D eigenvalue weighted by atomic mass is 35.5. The maximum atomic E-state index is 14.6. The third-order valence-electron chi connectivity index (χ3n) is 7.85. The van der Waals surface area contributed by atoms with E-state index in [1.807, 2.05) is 44.2 Å². The van der Waals surface area contributed by atoms with Crippen LogP contribution >= 0.6 is 11.6 Å². The number of methoxy groups -OCH3 is 2. The molecule has 0 unspecified atom stereocenters. The van der Waals surface area contributed by atoms with E-state index in [1.54, 1.807) is 48.5 Å². The van der Waals surface area contributed by atoms with E-state index in [4.69, 9.17) is 21.1 Å². The lowest BCUT2D eigenvalue weighted by Crippen LogP contribution is -2.54. The topological polar surface area (TPSA) is 105 Å². The van der Waals surface area contributed by atoms with Gasteiger partial charge in [-0.05, 0) is 66.9 Å². The molecule has 4 aromatic rings. The van der Waals surface area contributed by atoms with Gasteiger partial charge in [0.05, 0.1) is 24.8 Å². The number of amides is 2. The molecule has 0 spiro atoms. The summed E-state index contributed by atoms with van der Waals surface area (Å²) in [5.41, 5.74) is 1.61. The van der Waals surface area contributed by atoms with Gasteiger partial charge < -0.3 is 19.7 Å². The van der Waals surface area contributed by atoms with Gasteiger partial charge in [0.15, 0.2) is 0 Å². The minimum atomic E-state index is -4.33. The number of para-hydroxylation sites is 2. The van der Waals surface area contributed by atoms with Crippen LogP contribution in [0.2, 0.25) is 5.02 Å². The molecule has 0 saturated carbocycles.